The minimum absolute atomic E-state index is 0.0579. The van der Waals surface area contributed by atoms with Crippen molar-refractivity contribution in [2.75, 3.05) is 0 Å². The number of hydrogen-bond donors (Lipinski definition) is 0. The van der Waals surface area contributed by atoms with Crippen LogP contribution in [0.5, 0.6) is 0 Å². The number of aryl methyl sites for hydroxylation is 1. The Kier molecular flexibility index (Phi) is 4.93. The van der Waals surface area contributed by atoms with Crippen molar-refractivity contribution in [3.63, 3.8) is 0 Å². The molecule has 0 fully saturated rings. The van der Waals surface area contributed by atoms with Gasteiger partial charge in [-0.05, 0) is 24.6 Å². The molecular weight excluding hydrogens is 424 g/mol. The van der Waals surface area contributed by atoms with E-state index in [-0.39, 0.29) is 10.0 Å². The van der Waals surface area contributed by atoms with Crippen molar-refractivity contribution < 1.29 is 35.1 Å². The van der Waals surface area contributed by atoms with Gasteiger partial charge in [-0.25, -0.2) is 8.78 Å². The Morgan fingerprint density at radius 1 is 0.840 bits per heavy atom. The van der Waals surface area contributed by atoms with E-state index in [1.807, 2.05) is 0 Å². The number of hydrogen-bond acceptors (Lipinski definition) is 0. The van der Waals surface area contributed by atoms with Gasteiger partial charge in [-0.3, -0.25) is 0 Å². The number of alkyl halides is 7. The SMILES string of the molecule is Cc1cc(Br)c(-c2ccccc2F)c(C(F)(C(F)(F)F)C(F)(F)F)c1. The van der Waals surface area contributed by atoms with Crippen LogP contribution >= 0.6 is 15.9 Å². The van der Waals surface area contributed by atoms with Crippen LogP contribution in [0.25, 0.3) is 11.1 Å². The standard InChI is InChI=1S/C16H9BrF8/c1-8-6-10(14(19,15(20,21)22)16(23,24)25)13(11(17)7-8)9-4-2-3-5-12(9)18/h2-7H,1H3. The van der Waals surface area contributed by atoms with Gasteiger partial charge in [0.15, 0.2) is 0 Å². The molecule has 0 aliphatic carbocycles. The normalized spacial score (nSPS) is 13.2. The molecule has 0 unspecified atom stereocenters. The molecule has 0 N–H and O–H groups in total. The summed E-state index contributed by atoms with van der Waals surface area (Å²) in [4.78, 5) is 0. The molecule has 2 rings (SSSR count). The number of halogens is 9. The smallest absolute Gasteiger partial charge is 0.218 e. The maximum Gasteiger partial charge on any atom is 0.435 e. The molecule has 0 nitrogen and oxygen atoms in total. The molecule has 2 aromatic carbocycles. The van der Waals surface area contributed by atoms with Crippen LogP contribution in [0.2, 0.25) is 0 Å². The average Bonchev–Trinajstić information content (AvgIpc) is 2.44. The minimum Gasteiger partial charge on any atom is -0.218 e. The van der Waals surface area contributed by atoms with Crippen molar-refractivity contribution >= 4 is 15.9 Å². The first-order valence-corrected chi connectivity index (χ1v) is 7.48. The predicted octanol–water partition coefficient (Wildman–Crippen LogP) is 6.85. The first kappa shape index (κ1) is 19.7. The van der Waals surface area contributed by atoms with Crippen LogP contribution in [0.4, 0.5) is 35.1 Å². The molecule has 9 heteroatoms. The van der Waals surface area contributed by atoms with Crippen LogP contribution in [0.3, 0.4) is 0 Å². The highest BCUT2D eigenvalue weighted by Crippen LogP contribution is 2.56. The van der Waals surface area contributed by atoms with Gasteiger partial charge in [0.05, 0.1) is 0 Å². The second kappa shape index (κ2) is 6.26. The van der Waals surface area contributed by atoms with Gasteiger partial charge < -0.3 is 0 Å². The number of benzene rings is 2. The molecule has 0 radical (unpaired) electrons. The third-order valence-corrected chi connectivity index (χ3v) is 4.16. The highest BCUT2D eigenvalue weighted by molar-refractivity contribution is 9.10. The van der Waals surface area contributed by atoms with Crippen molar-refractivity contribution in [3.05, 3.63) is 57.8 Å². The van der Waals surface area contributed by atoms with Gasteiger partial charge >= 0.3 is 18.0 Å². The lowest BCUT2D eigenvalue weighted by Gasteiger charge is -2.32. The summed E-state index contributed by atoms with van der Waals surface area (Å²) in [6.45, 7) is 1.20. The van der Waals surface area contributed by atoms with Crippen molar-refractivity contribution in [3.8, 4) is 11.1 Å². The highest BCUT2D eigenvalue weighted by Gasteiger charge is 2.74. The summed E-state index contributed by atoms with van der Waals surface area (Å²) in [5.41, 5.74) is -8.87. The van der Waals surface area contributed by atoms with Crippen LogP contribution in [-0.2, 0) is 5.67 Å². The van der Waals surface area contributed by atoms with Gasteiger partial charge in [0.1, 0.15) is 5.82 Å². The Labute approximate surface area is 145 Å². The Morgan fingerprint density at radius 3 is 1.84 bits per heavy atom. The topological polar surface area (TPSA) is 0 Å². The van der Waals surface area contributed by atoms with Gasteiger partial charge in [0.25, 0.3) is 0 Å². The maximum absolute atomic E-state index is 14.6. The molecule has 2 aromatic rings. The highest BCUT2D eigenvalue weighted by atomic mass is 79.9. The molecular formula is C16H9BrF8. The fraction of sp³-hybridized carbons (Fsp3) is 0.250. The Hall–Kier alpha value is -1.64. The summed E-state index contributed by atoms with van der Waals surface area (Å²) < 4.78 is 107. The van der Waals surface area contributed by atoms with E-state index in [0.29, 0.717) is 6.07 Å². The molecule has 0 aromatic heterocycles. The summed E-state index contributed by atoms with van der Waals surface area (Å²) in [5.74, 6) is -1.08. The van der Waals surface area contributed by atoms with Gasteiger partial charge in [0.2, 0.25) is 0 Å². The zero-order valence-corrected chi connectivity index (χ0v) is 14.0. The summed E-state index contributed by atoms with van der Waals surface area (Å²) in [7, 11) is 0. The Balaban J connectivity index is 2.97. The molecule has 0 saturated carbocycles. The maximum atomic E-state index is 14.6. The third-order valence-electron chi connectivity index (χ3n) is 3.53. The van der Waals surface area contributed by atoms with E-state index in [0.717, 1.165) is 12.1 Å². The number of rotatable bonds is 2. The Bertz CT molecular complexity index is 778. The van der Waals surface area contributed by atoms with Crippen LogP contribution in [0.1, 0.15) is 11.1 Å². The van der Waals surface area contributed by atoms with Crippen LogP contribution in [-0.4, -0.2) is 12.4 Å². The van der Waals surface area contributed by atoms with Crippen LogP contribution in [0.15, 0.2) is 40.9 Å². The predicted molar refractivity (Wildman–Crippen MR) is 79.2 cm³/mol. The van der Waals surface area contributed by atoms with Crippen molar-refractivity contribution in [2.45, 2.75) is 24.9 Å². The van der Waals surface area contributed by atoms with Gasteiger partial charge in [0, 0.05) is 21.2 Å². The van der Waals surface area contributed by atoms with Crippen LogP contribution in [0, 0.1) is 12.7 Å². The quantitative estimate of drug-likeness (QED) is 0.455. The summed E-state index contributed by atoms with van der Waals surface area (Å²) in [6, 6.07) is 5.85. The third kappa shape index (κ3) is 3.26. The van der Waals surface area contributed by atoms with E-state index in [4.69, 9.17) is 0 Å². The molecule has 0 heterocycles. The second-order valence-electron chi connectivity index (χ2n) is 5.30. The molecule has 0 atom stereocenters. The monoisotopic (exact) mass is 432 g/mol. The zero-order chi connectivity index (χ0) is 19.2. The zero-order valence-electron chi connectivity index (χ0n) is 12.4. The molecule has 0 spiro atoms. The van der Waals surface area contributed by atoms with Crippen molar-refractivity contribution in [2.24, 2.45) is 0 Å². The van der Waals surface area contributed by atoms with E-state index in [1.165, 1.54) is 25.1 Å². The fourth-order valence-electron chi connectivity index (χ4n) is 2.42. The molecule has 25 heavy (non-hydrogen) atoms. The summed E-state index contributed by atoms with van der Waals surface area (Å²) in [5, 5.41) is 0. The van der Waals surface area contributed by atoms with Gasteiger partial charge in [-0.2, -0.15) is 26.3 Å². The van der Waals surface area contributed by atoms with Gasteiger partial charge in [-0.1, -0.05) is 40.2 Å². The first-order chi connectivity index (χ1) is 11.3. The fourth-order valence-corrected chi connectivity index (χ4v) is 3.21. The first-order valence-electron chi connectivity index (χ1n) is 6.68. The molecule has 0 bridgehead atoms. The van der Waals surface area contributed by atoms with E-state index in [1.54, 1.807) is 0 Å². The second-order valence-corrected chi connectivity index (χ2v) is 6.16. The largest absolute Gasteiger partial charge is 0.435 e. The van der Waals surface area contributed by atoms with Crippen LogP contribution < -0.4 is 0 Å². The molecule has 136 valence electrons. The van der Waals surface area contributed by atoms with E-state index >= 15 is 0 Å². The summed E-state index contributed by atoms with van der Waals surface area (Å²) in [6.07, 6.45) is -12.6. The van der Waals surface area contributed by atoms with Crippen molar-refractivity contribution in [1.82, 2.24) is 0 Å². The lowest BCUT2D eigenvalue weighted by Crippen LogP contribution is -2.50. The molecule has 0 saturated heterocycles. The van der Waals surface area contributed by atoms with E-state index in [9.17, 15) is 35.1 Å². The molecule has 0 aliphatic rings. The molecule has 0 aliphatic heterocycles. The Morgan fingerprint density at radius 2 is 1.36 bits per heavy atom. The van der Waals surface area contributed by atoms with E-state index < -0.39 is 40.5 Å². The molecule has 0 amide bonds. The average molecular weight is 433 g/mol. The lowest BCUT2D eigenvalue weighted by atomic mass is 9.85. The van der Waals surface area contributed by atoms with Gasteiger partial charge in [-0.15, -0.1) is 0 Å². The lowest BCUT2D eigenvalue weighted by molar-refractivity contribution is -0.348. The van der Waals surface area contributed by atoms with E-state index in [2.05, 4.69) is 15.9 Å². The summed E-state index contributed by atoms with van der Waals surface area (Å²) >= 11 is 2.83. The minimum atomic E-state index is -6.29. The van der Waals surface area contributed by atoms with Crippen molar-refractivity contribution in [1.29, 1.82) is 0 Å².